The van der Waals surface area contributed by atoms with Gasteiger partial charge in [0.15, 0.2) is 0 Å². The highest BCUT2D eigenvalue weighted by atomic mass is 14.6. The summed E-state index contributed by atoms with van der Waals surface area (Å²) in [5.41, 5.74) is 2.13. The third kappa shape index (κ3) is 5.69. The molecule has 3 fully saturated rings. The third-order valence-corrected chi connectivity index (χ3v) is 4.76. The summed E-state index contributed by atoms with van der Waals surface area (Å²) in [7, 11) is 0. The Morgan fingerprint density at radius 1 is 1.10 bits per heavy atom. The topological polar surface area (TPSA) is 0 Å². The zero-order valence-corrected chi connectivity index (χ0v) is 14.4. The number of fused-ring (bicyclic) bond motifs is 2. The number of unbranched alkanes of at least 4 members (excludes halogenated alkanes) is 2. The van der Waals surface area contributed by atoms with Crippen molar-refractivity contribution in [3.63, 3.8) is 0 Å². The molecule has 0 aliphatic heterocycles. The van der Waals surface area contributed by atoms with Gasteiger partial charge in [-0.15, -0.1) is 13.2 Å². The van der Waals surface area contributed by atoms with Crippen LogP contribution in [-0.2, 0) is 0 Å². The summed E-state index contributed by atoms with van der Waals surface area (Å²) in [5.74, 6) is 1.88. The fraction of sp³-hybridized carbons (Fsp3) is 0.700. The van der Waals surface area contributed by atoms with E-state index < -0.39 is 0 Å². The van der Waals surface area contributed by atoms with Crippen molar-refractivity contribution < 1.29 is 0 Å². The Balaban J connectivity index is 0.000000310. The van der Waals surface area contributed by atoms with Gasteiger partial charge in [0.05, 0.1) is 0 Å². The standard InChI is InChI=1S/C10H16.2C5H10/c1-7-4-5-8-6-9(7)10(8,2)3;2*1-3-5-4-2/h8-9H,1,4-6H2,2-3H3;2*3H,1,4-5H2,2H3. The van der Waals surface area contributed by atoms with Gasteiger partial charge in [-0.2, -0.15) is 0 Å². The van der Waals surface area contributed by atoms with Crippen molar-refractivity contribution >= 4 is 0 Å². The summed E-state index contributed by atoms with van der Waals surface area (Å²) in [4.78, 5) is 0. The first-order chi connectivity index (χ1) is 9.45. The summed E-state index contributed by atoms with van der Waals surface area (Å²) < 4.78 is 0. The quantitative estimate of drug-likeness (QED) is 0.488. The van der Waals surface area contributed by atoms with Crippen molar-refractivity contribution in [3.8, 4) is 0 Å². The lowest BCUT2D eigenvalue weighted by atomic mass is 9.47. The molecule has 0 radical (unpaired) electrons. The van der Waals surface area contributed by atoms with Gasteiger partial charge >= 0.3 is 0 Å². The fourth-order valence-corrected chi connectivity index (χ4v) is 3.14. The molecule has 0 saturated heterocycles. The maximum atomic E-state index is 4.13. The molecule has 3 saturated carbocycles. The molecule has 0 aromatic rings. The van der Waals surface area contributed by atoms with Crippen LogP contribution in [0.4, 0.5) is 0 Å². The molecule has 0 N–H and O–H groups in total. The number of rotatable bonds is 4. The molecule has 3 aliphatic carbocycles. The van der Waals surface area contributed by atoms with Crippen LogP contribution in [0, 0.1) is 17.3 Å². The predicted octanol–water partition coefficient (Wildman–Crippen LogP) is 6.94. The van der Waals surface area contributed by atoms with E-state index in [9.17, 15) is 0 Å². The van der Waals surface area contributed by atoms with Gasteiger partial charge in [-0.25, -0.2) is 0 Å². The lowest BCUT2D eigenvalue weighted by Gasteiger charge is -2.57. The minimum atomic E-state index is 0.606. The zero-order chi connectivity index (χ0) is 15.6. The van der Waals surface area contributed by atoms with Gasteiger partial charge in [-0.05, 0) is 49.4 Å². The van der Waals surface area contributed by atoms with Gasteiger partial charge in [0.1, 0.15) is 0 Å². The first kappa shape index (κ1) is 19.2. The molecular weight excluding hydrogens is 240 g/mol. The molecule has 0 aromatic heterocycles. The maximum Gasteiger partial charge on any atom is -0.0149 e. The minimum absolute atomic E-state index is 0.606. The minimum Gasteiger partial charge on any atom is -0.103 e. The van der Waals surface area contributed by atoms with E-state index in [0.29, 0.717) is 5.41 Å². The second-order valence-corrected chi connectivity index (χ2v) is 6.66. The monoisotopic (exact) mass is 276 g/mol. The van der Waals surface area contributed by atoms with E-state index in [2.05, 4.69) is 47.4 Å². The van der Waals surface area contributed by atoms with Gasteiger partial charge in [-0.1, -0.05) is 64.8 Å². The Morgan fingerprint density at radius 2 is 1.60 bits per heavy atom. The largest absolute Gasteiger partial charge is 0.103 e. The second kappa shape index (κ2) is 10.0. The summed E-state index contributed by atoms with van der Waals surface area (Å²) in [6, 6.07) is 0. The summed E-state index contributed by atoms with van der Waals surface area (Å²) in [5, 5.41) is 0. The molecular formula is C20H36. The molecule has 2 bridgehead atoms. The van der Waals surface area contributed by atoms with Gasteiger partial charge < -0.3 is 0 Å². The molecule has 0 amide bonds. The molecule has 0 aromatic carbocycles. The molecule has 116 valence electrons. The van der Waals surface area contributed by atoms with E-state index in [1.807, 2.05) is 12.2 Å². The van der Waals surface area contributed by atoms with E-state index in [1.54, 1.807) is 0 Å². The van der Waals surface area contributed by atoms with Gasteiger partial charge in [-0.3, -0.25) is 0 Å². The Morgan fingerprint density at radius 3 is 1.75 bits per heavy atom. The Hall–Kier alpha value is -0.780. The summed E-state index contributed by atoms with van der Waals surface area (Å²) >= 11 is 0. The molecule has 3 rings (SSSR count). The molecule has 3 aliphatic rings. The van der Waals surface area contributed by atoms with Crippen molar-refractivity contribution in [1.29, 1.82) is 0 Å². The molecule has 0 heterocycles. The maximum absolute atomic E-state index is 4.13. The van der Waals surface area contributed by atoms with E-state index >= 15 is 0 Å². The summed E-state index contributed by atoms with van der Waals surface area (Å²) in [6.45, 7) is 20.3. The molecule has 2 unspecified atom stereocenters. The summed E-state index contributed by atoms with van der Waals surface area (Å²) in [6.07, 6.45) is 12.8. The van der Waals surface area contributed by atoms with Crippen LogP contribution in [-0.4, -0.2) is 0 Å². The molecule has 20 heavy (non-hydrogen) atoms. The number of allylic oxidation sites excluding steroid dienone is 3. The van der Waals surface area contributed by atoms with Crippen LogP contribution in [0.25, 0.3) is 0 Å². The smallest absolute Gasteiger partial charge is 0.0149 e. The van der Waals surface area contributed by atoms with Gasteiger partial charge in [0.2, 0.25) is 0 Å². The molecule has 0 spiro atoms. The van der Waals surface area contributed by atoms with Gasteiger partial charge in [0, 0.05) is 0 Å². The van der Waals surface area contributed by atoms with E-state index in [4.69, 9.17) is 0 Å². The van der Waals surface area contributed by atoms with Crippen LogP contribution in [0.5, 0.6) is 0 Å². The first-order valence-electron chi connectivity index (χ1n) is 8.35. The number of hydrogen-bond donors (Lipinski definition) is 0. The van der Waals surface area contributed by atoms with Crippen LogP contribution in [0.15, 0.2) is 37.5 Å². The highest BCUT2D eigenvalue weighted by molar-refractivity contribution is 5.18. The number of hydrogen-bond acceptors (Lipinski definition) is 0. The Bertz CT molecular complexity index is 283. The van der Waals surface area contributed by atoms with E-state index in [-0.39, 0.29) is 0 Å². The lowest BCUT2D eigenvalue weighted by molar-refractivity contribution is -0.0273. The molecule has 2 atom stereocenters. The average molecular weight is 277 g/mol. The first-order valence-corrected chi connectivity index (χ1v) is 8.35. The van der Waals surface area contributed by atoms with Crippen LogP contribution >= 0.6 is 0 Å². The lowest BCUT2D eigenvalue weighted by Crippen LogP contribution is -2.48. The normalized spacial score (nSPS) is 25.1. The SMILES string of the molecule is C=C1CCC2CC1C2(C)C.C=CCCC.C=CCCC. The van der Waals surface area contributed by atoms with E-state index in [0.717, 1.165) is 24.7 Å². The third-order valence-electron chi connectivity index (χ3n) is 4.76. The van der Waals surface area contributed by atoms with E-state index in [1.165, 1.54) is 37.7 Å². The predicted molar refractivity (Wildman–Crippen MR) is 94.0 cm³/mol. The molecule has 0 nitrogen and oxygen atoms in total. The fourth-order valence-electron chi connectivity index (χ4n) is 3.14. The molecule has 0 heteroatoms. The highest BCUT2D eigenvalue weighted by Gasteiger charge is 2.51. The Labute approximate surface area is 128 Å². The van der Waals surface area contributed by atoms with Crippen molar-refractivity contribution in [2.75, 3.05) is 0 Å². The van der Waals surface area contributed by atoms with Crippen LogP contribution < -0.4 is 0 Å². The van der Waals surface area contributed by atoms with Crippen LogP contribution in [0.2, 0.25) is 0 Å². The van der Waals surface area contributed by atoms with Crippen molar-refractivity contribution in [2.45, 2.75) is 72.6 Å². The van der Waals surface area contributed by atoms with Crippen molar-refractivity contribution in [3.05, 3.63) is 37.5 Å². The second-order valence-electron chi connectivity index (χ2n) is 6.66. The Kier molecular flexibility index (Phi) is 9.63. The zero-order valence-electron chi connectivity index (χ0n) is 14.4. The van der Waals surface area contributed by atoms with Crippen molar-refractivity contribution in [2.24, 2.45) is 17.3 Å². The van der Waals surface area contributed by atoms with Crippen LogP contribution in [0.1, 0.15) is 72.6 Å². The highest BCUT2D eigenvalue weighted by Crippen LogP contribution is 2.60. The van der Waals surface area contributed by atoms with Crippen LogP contribution in [0.3, 0.4) is 0 Å². The van der Waals surface area contributed by atoms with Crippen molar-refractivity contribution in [1.82, 2.24) is 0 Å². The van der Waals surface area contributed by atoms with Gasteiger partial charge in [0.25, 0.3) is 0 Å². The average Bonchev–Trinajstić information content (AvgIpc) is 2.41.